The molecule has 4 aliphatic rings. The van der Waals surface area contributed by atoms with Crippen LogP contribution < -0.4 is 0 Å². The van der Waals surface area contributed by atoms with Crippen LogP contribution in [-0.4, -0.2) is 107 Å². The van der Waals surface area contributed by atoms with E-state index in [0.717, 1.165) is 0 Å². The van der Waals surface area contributed by atoms with Crippen molar-refractivity contribution in [2.24, 2.45) is 0 Å². The van der Waals surface area contributed by atoms with E-state index in [9.17, 15) is 15.3 Å². The van der Waals surface area contributed by atoms with Crippen LogP contribution in [0, 0.1) is 0 Å². The van der Waals surface area contributed by atoms with Crippen LogP contribution in [0.3, 0.4) is 0 Å². The van der Waals surface area contributed by atoms with Gasteiger partial charge in [0, 0.05) is 0 Å². The summed E-state index contributed by atoms with van der Waals surface area (Å²) in [6.07, 6.45) is -9.22. The van der Waals surface area contributed by atoms with Gasteiger partial charge in [0.05, 0.1) is 13.2 Å². The second-order valence-corrected chi connectivity index (χ2v) is 8.74. The first-order valence-corrected chi connectivity index (χ1v) is 9.80. The molecule has 0 bridgehead atoms. The molecule has 0 aromatic carbocycles. The zero-order chi connectivity index (χ0) is 21.1. The molecule has 4 saturated heterocycles. The van der Waals surface area contributed by atoms with Crippen molar-refractivity contribution in [2.75, 3.05) is 13.2 Å². The SMILES string of the molecule is CC1(C)O[C@H]2[C@@H](O1)[C@@H](CO[C@@H]1O[C@H]([C@H](O)CO)[C@H](O)[C@H]1O)O[C@@H]1OC(C)(C)O[C@@H]12. The molecule has 0 radical (unpaired) electrons. The van der Waals surface area contributed by atoms with Gasteiger partial charge in [0.15, 0.2) is 24.2 Å². The van der Waals surface area contributed by atoms with E-state index in [0.29, 0.717) is 0 Å². The fourth-order valence-corrected chi connectivity index (χ4v) is 4.25. The van der Waals surface area contributed by atoms with Crippen LogP contribution in [0.25, 0.3) is 0 Å². The van der Waals surface area contributed by atoms with E-state index in [1.165, 1.54) is 0 Å². The van der Waals surface area contributed by atoms with Gasteiger partial charge in [0.2, 0.25) is 0 Å². The molecule has 0 unspecified atom stereocenters. The molecular weight excluding hydrogens is 392 g/mol. The van der Waals surface area contributed by atoms with Gasteiger partial charge in [-0.15, -0.1) is 0 Å². The molecule has 0 aromatic heterocycles. The van der Waals surface area contributed by atoms with E-state index in [4.69, 9.17) is 38.3 Å². The third-order valence-corrected chi connectivity index (χ3v) is 5.50. The maximum atomic E-state index is 10.2. The van der Waals surface area contributed by atoms with Gasteiger partial charge in [-0.2, -0.15) is 0 Å². The Kier molecular flexibility index (Phi) is 5.71. The molecule has 4 heterocycles. The van der Waals surface area contributed by atoms with Gasteiger partial charge in [-0.3, -0.25) is 0 Å². The normalized spacial score (nSPS) is 49.0. The van der Waals surface area contributed by atoms with Crippen LogP contribution in [-0.2, 0) is 33.2 Å². The fourth-order valence-electron chi connectivity index (χ4n) is 4.25. The fraction of sp³-hybridized carbons (Fsp3) is 1.00. The van der Waals surface area contributed by atoms with Crippen LogP contribution in [0.1, 0.15) is 27.7 Å². The Labute approximate surface area is 168 Å². The van der Waals surface area contributed by atoms with Crippen LogP contribution in [0.4, 0.5) is 0 Å². The van der Waals surface area contributed by atoms with Gasteiger partial charge in [-0.1, -0.05) is 0 Å². The number of ether oxygens (including phenoxy) is 7. The molecule has 0 amide bonds. The third-order valence-electron chi connectivity index (χ3n) is 5.50. The summed E-state index contributed by atoms with van der Waals surface area (Å²) in [5.41, 5.74) is 0. The third kappa shape index (κ3) is 4.06. The molecule has 10 atom stereocenters. The Morgan fingerprint density at radius 1 is 0.862 bits per heavy atom. The first-order valence-electron chi connectivity index (χ1n) is 9.80. The highest BCUT2D eigenvalue weighted by atomic mass is 16.9. The Hall–Kier alpha value is -0.440. The van der Waals surface area contributed by atoms with E-state index in [2.05, 4.69) is 0 Å². The van der Waals surface area contributed by atoms with Crippen molar-refractivity contribution in [3.63, 3.8) is 0 Å². The standard InChI is InChI=1S/C18H30O11/c1-17(2)26-12-8(24-16-14(13(12)27-17)28-18(3,4)29-16)6-23-15-10(22)9(21)11(25-15)7(20)5-19/h7-16,19-22H,5-6H2,1-4H3/t7-,8-,9-,10-,11-,12+,13+,14-,15-,16-/m1/s1. The summed E-state index contributed by atoms with van der Waals surface area (Å²) in [7, 11) is 0. The highest BCUT2D eigenvalue weighted by Gasteiger charge is 2.61. The van der Waals surface area contributed by atoms with Crippen molar-refractivity contribution in [1.29, 1.82) is 0 Å². The number of aliphatic hydroxyl groups excluding tert-OH is 4. The number of rotatable bonds is 5. The minimum atomic E-state index is -1.40. The summed E-state index contributed by atoms with van der Waals surface area (Å²) in [6.45, 7) is 6.48. The Balaban J connectivity index is 1.43. The molecule has 4 fully saturated rings. The quantitative estimate of drug-likeness (QED) is 0.398. The molecule has 0 saturated carbocycles. The van der Waals surface area contributed by atoms with Gasteiger partial charge in [0.25, 0.3) is 0 Å². The lowest BCUT2D eigenvalue weighted by molar-refractivity contribution is -0.261. The van der Waals surface area contributed by atoms with E-state index < -0.39 is 79.6 Å². The molecule has 0 aliphatic carbocycles. The largest absolute Gasteiger partial charge is 0.394 e. The first-order chi connectivity index (χ1) is 13.5. The number of aliphatic hydroxyl groups is 4. The van der Waals surface area contributed by atoms with Gasteiger partial charge in [0.1, 0.15) is 48.8 Å². The lowest BCUT2D eigenvalue weighted by Crippen LogP contribution is -2.56. The summed E-state index contributed by atoms with van der Waals surface area (Å²) >= 11 is 0. The molecule has 4 rings (SSSR count). The second kappa shape index (κ2) is 7.61. The summed E-state index contributed by atoms with van der Waals surface area (Å²) in [5.74, 6) is -1.69. The summed E-state index contributed by atoms with van der Waals surface area (Å²) in [6, 6.07) is 0. The topological polar surface area (TPSA) is 146 Å². The summed E-state index contributed by atoms with van der Waals surface area (Å²) in [5, 5.41) is 39.0. The maximum absolute atomic E-state index is 10.2. The Morgan fingerprint density at radius 3 is 2.17 bits per heavy atom. The zero-order valence-electron chi connectivity index (χ0n) is 16.8. The number of fused-ring (bicyclic) bond motifs is 3. The van der Waals surface area contributed by atoms with Gasteiger partial charge in [-0.05, 0) is 27.7 Å². The number of hydrogen-bond donors (Lipinski definition) is 4. The van der Waals surface area contributed by atoms with Crippen LogP contribution >= 0.6 is 0 Å². The van der Waals surface area contributed by atoms with Crippen molar-refractivity contribution < 1.29 is 53.6 Å². The molecule has 168 valence electrons. The van der Waals surface area contributed by atoms with E-state index in [-0.39, 0.29) is 6.61 Å². The lowest BCUT2D eigenvalue weighted by atomic mass is 9.99. The lowest BCUT2D eigenvalue weighted by Gasteiger charge is -2.37. The van der Waals surface area contributed by atoms with Gasteiger partial charge < -0.3 is 53.6 Å². The maximum Gasteiger partial charge on any atom is 0.190 e. The monoisotopic (exact) mass is 422 g/mol. The molecule has 11 nitrogen and oxygen atoms in total. The van der Waals surface area contributed by atoms with Crippen LogP contribution in [0.2, 0.25) is 0 Å². The van der Waals surface area contributed by atoms with Crippen molar-refractivity contribution in [3.8, 4) is 0 Å². The van der Waals surface area contributed by atoms with Crippen molar-refractivity contribution in [3.05, 3.63) is 0 Å². The minimum absolute atomic E-state index is 0.0516. The van der Waals surface area contributed by atoms with Gasteiger partial charge in [-0.25, -0.2) is 0 Å². The van der Waals surface area contributed by atoms with Crippen LogP contribution in [0.5, 0.6) is 0 Å². The van der Waals surface area contributed by atoms with Crippen LogP contribution in [0.15, 0.2) is 0 Å². The average molecular weight is 422 g/mol. The Bertz CT molecular complexity index is 598. The van der Waals surface area contributed by atoms with E-state index in [1.807, 2.05) is 0 Å². The average Bonchev–Trinajstić information content (AvgIpc) is 3.23. The Morgan fingerprint density at radius 2 is 1.48 bits per heavy atom. The predicted molar refractivity (Wildman–Crippen MR) is 92.2 cm³/mol. The molecule has 11 heteroatoms. The van der Waals surface area contributed by atoms with E-state index in [1.54, 1.807) is 27.7 Å². The summed E-state index contributed by atoms with van der Waals surface area (Å²) in [4.78, 5) is 0. The smallest absolute Gasteiger partial charge is 0.190 e. The molecule has 4 N–H and O–H groups in total. The van der Waals surface area contributed by atoms with E-state index >= 15 is 0 Å². The van der Waals surface area contributed by atoms with Crippen molar-refractivity contribution in [2.45, 2.75) is 101 Å². The predicted octanol–water partition coefficient (Wildman–Crippen LogP) is -1.80. The summed E-state index contributed by atoms with van der Waals surface area (Å²) < 4.78 is 40.8. The highest BCUT2D eigenvalue weighted by molar-refractivity contribution is 5.00. The molecule has 0 spiro atoms. The molecule has 0 aromatic rings. The van der Waals surface area contributed by atoms with Crippen molar-refractivity contribution in [1.82, 2.24) is 0 Å². The minimum Gasteiger partial charge on any atom is -0.394 e. The zero-order valence-corrected chi connectivity index (χ0v) is 16.8. The molecule has 29 heavy (non-hydrogen) atoms. The highest BCUT2D eigenvalue weighted by Crippen LogP contribution is 2.44. The number of hydrogen-bond acceptors (Lipinski definition) is 11. The molecule has 4 aliphatic heterocycles. The van der Waals surface area contributed by atoms with Gasteiger partial charge >= 0.3 is 0 Å². The van der Waals surface area contributed by atoms with Crippen molar-refractivity contribution >= 4 is 0 Å². The second-order valence-electron chi connectivity index (χ2n) is 8.74. The first kappa shape index (κ1) is 21.8. The molecular formula is C18H30O11.